The minimum Gasteiger partial charge on any atom is -0.356 e. The summed E-state index contributed by atoms with van der Waals surface area (Å²) in [5, 5.41) is 11.7. The first-order valence-corrected chi connectivity index (χ1v) is 8.53. The molecule has 0 saturated carbocycles. The second-order valence-corrected chi connectivity index (χ2v) is 6.53. The fraction of sp³-hybridized carbons (Fsp3) is 0.444. The van der Waals surface area contributed by atoms with E-state index in [2.05, 4.69) is 73.9 Å². The first kappa shape index (κ1) is 17.5. The van der Waals surface area contributed by atoms with Gasteiger partial charge >= 0.3 is 0 Å². The molecule has 0 amide bonds. The fourth-order valence-corrected chi connectivity index (χ4v) is 2.81. The van der Waals surface area contributed by atoms with Gasteiger partial charge in [0.25, 0.3) is 0 Å². The predicted octanol–water partition coefficient (Wildman–Crippen LogP) is 4.38. The highest BCUT2D eigenvalue weighted by Gasteiger charge is 2.13. The molecule has 2 aromatic rings. The molecule has 1 heterocycles. The number of hydrogen-bond donors (Lipinski definition) is 2. The zero-order valence-corrected chi connectivity index (χ0v) is 15.4. The molecule has 0 aliphatic heterocycles. The molecule has 1 unspecified atom stereocenters. The van der Waals surface area contributed by atoms with E-state index in [-0.39, 0.29) is 6.04 Å². The quantitative estimate of drug-likeness (QED) is 0.798. The van der Waals surface area contributed by atoms with Gasteiger partial charge in [-0.25, -0.2) is 0 Å². The Kier molecular flexibility index (Phi) is 5.77. The third-order valence-corrected chi connectivity index (χ3v) is 4.18. The summed E-state index contributed by atoms with van der Waals surface area (Å²) < 4.78 is 1.95. The van der Waals surface area contributed by atoms with Crippen molar-refractivity contribution >= 4 is 23.0 Å². The number of thiocarbonyl (C=S) groups is 1. The van der Waals surface area contributed by atoms with Crippen LogP contribution in [0.25, 0.3) is 0 Å². The van der Waals surface area contributed by atoms with Gasteiger partial charge in [0, 0.05) is 24.0 Å². The number of benzene rings is 1. The normalized spacial score (nSPS) is 12.3. The molecule has 0 fully saturated rings. The molecule has 0 radical (unpaired) electrons. The van der Waals surface area contributed by atoms with Crippen LogP contribution in [0.4, 0.5) is 5.69 Å². The Balaban J connectivity index is 1.97. The Hall–Kier alpha value is -1.88. The SMILES string of the molecule is CCn1cc(C(C)NC(=S)Nc2ccc(C(C)C)cc2)c(C)n1. The molecule has 0 aliphatic carbocycles. The van der Waals surface area contributed by atoms with Crippen LogP contribution in [0, 0.1) is 6.92 Å². The summed E-state index contributed by atoms with van der Waals surface area (Å²) in [7, 11) is 0. The second kappa shape index (κ2) is 7.59. The van der Waals surface area contributed by atoms with Crippen molar-refractivity contribution in [2.24, 2.45) is 0 Å². The summed E-state index contributed by atoms with van der Waals surface area (Å²) in [4.78, 5) is 0. The van der Waals surface area contributed by atoms with Gasteiger partial charge in [0.1, 0.15) is 0 Å². The summed E-state index contributed by atoms with van der Waals surface area (Å²) in [6, 6.07) is 8.51. The van der Waals surface area contributed by atoms with Crippen molar-refractivity contribution in [3.05, 3.63) is 47.3 Å². The summed E-state index contributed by atoms with van der Waals surface area (Å²) in [5.41, 5.74) is 4.53. The molecule has 0 saturated heterocycles. The van der Waals surface area contributed by atoms with Crippen molar-refractivity contribution in [2.75, 3.05) is 5.32 Å². The molecule has 0 bridgehead atoms. The number of aromatic nitrogens is 2. The topological polar surface area (TPSA) is 41.9 Å². The molecule has 124 valence electrons. The van der Waals surface area contributed by atoms with E-state index < -0.39 is 0 Å². The molecule has 1 atom stereocenters. The van der Waals surface area contributed by atoms with Crippen LogP contribution in [0.2, 0.25) is 0 Å². The number of nitrogens with one attached hydrogen (secondary N) is 2. The van der Waals surface area contributed by atoms with Crippen molar-refractivity contribution in [2.45, 2.75) is 53.1 Å². The molecule has 23 heavy (non-hydrogen) atoms. The van der Waals surface area contributed by atoms with E-state index in [0.29, 0.717) is 11.0 Å². The summed E-state index contributed by atoms with van der Waals surface area (Å²) in [6.07, 6.45) is 2.08. The van der Waals surface area contributed by atoms with Crippen molar-refractivity contribution in [3.8, 4) is 0 Å². The van der Waals surface area contributed by atoms with Gasteiger partial charge in [-0.3, -0.25) is 4.68 Å². The minimum atomic E-state index is 0.116. The van der Waals surface area contributed by atoms with Crippen LogP contribution >= 0.6 is 12.2 Å². The molecule has 1 aromatic heterocycles. The lowest BCUT2D eigenvalue weighted by Crippen LogP contribution is -2.31. The predicted molar refractivity (Wildman–Crippen MR) is 101 cm³/mol. The van der Waals surface area contributed by atoms with Crippen molar-refractivity contribution in [3.63, 3.8) is 0 Å². The molecule has 2 rings (SSSR count). The van der Waals surface area contributed by atoms with E-state index in [1.807, 2.05) is 11.6 Å². The molecule has 4 nitrogen and oxygen atoms in total. The zero-order valence-electron chi connectivity index (χ0n) is 14.6. The molecule has 5 heteroatoms. The number of hydrogen-bond acceptors (Lipinski definition) is 2. The number of nitrogens with zero attached hydrogens (tertiary/aromatic N) is 2. The maximum atomic E-state index is 5.43. The lowest BCUT2D eigenvalue weighted by molar-refractivity contribution is 0.651. The van der Waals surface area contributed by atoms with Gasteiger partial charge in [-0.1, -0.05) is 26.0 Å². The molecular formula is C18H26N4S. The van der Waals surface area contributed by atoms with E-state index in [1.54, 1.807) is 0 Å². The molecule has 2 N–H and O–H groups in total. The van der Waals surface area contributed by atoms with Crippen LogP contribution in [0.15, 0.2) is 30.5 Å². The van der Waals surface area contributed by atoms with Gasteiger partial charge < -0.3 is 10.6 Å². The monoisotopic (exact) mass is 330 g/mol. The largest absolute Gasteiger partial charge is 0.356 e. The van der Waals surface area contributed by atoms with Gasteiger partial charge in [-0.2, -0.15) is 5.10 Å². The first-order valence-electron chi connectivity index (χ1n) is 8.12. The van der Waals surface area contributed by atoms with E-state index in [1.165, 1.54) is 11.1 Å². The van der Waals surface area contributed by atoms with Crippen molar-refractivity contribution in [1.29, 1.82) is 0 Å². The Morgan fingerprint density at radius 2 is 1.87 bits per heavy atom. The van der Waals surface area contributed by atoms with Gasteiger partial charge in [0.15, 0.2) is 5.11 Å². The molecular weight excluding hydrogens is 304 g/mol. The summed E-state index contributed by atoms with van der Waals surface area (Å²) in [6.45, 7) is 11.5. The molecule has 1 aromatic carbocycles. The van der Waals surface area contributed by atoms with Crippen molar-refractivity contribution in [1.82, 2.24) is 15.1 Å². The number of rotatable bonds is 5. The Morgan fingerprint density at radius 3 is 2.39 bits per heavy atom. The zero-order chi connectivity index (χ0) is 17.0. The van der Waals surface area contributed by atoms with Crippen molar-refractivity contribution < 1.29 is 0 Å². The highest BCUT2D eigenvalue weighted by Crippen LogP contribution is 2.18. The average Bonchev–Trinajstić information content (AvgIpc) is 2.89. The van der Waals surface area contributed by atoms with Gasteiger partial charge in [-0.15, -0.1) is 0 Å². The highest BCUT2D eigenvalue weighted by molar-refractivity contribution is 7.80. The lowest BCUT2D eigenvalue weighted by Gasteiger charge is -2.17. The smallest absolute Gasteiger partial charge is 0.171 e. The highest BCUT2D eigenvalue weighted by atomic mass is 32.1. The second-order valence-electron chi connectivity index (χ2n) is 6.12. The van der Waals surface area contributed by atoms with Crippen LogP contribution in [-0.2, 0) is 6.54 Å². The van der Waals surface area contributed by atoms with Crippen LogP contribution in [0.3, 0.4) is 0 Å². The minimum absolute atomic E-state index is 0.116. The standard InChI is InChI=1S/C18H26N4S/c1-6-22-11-17(14(5)21-22)13(4)19-18(23)20-16-9-7-15(8-10-16)12(2)3/h7-13H,6H2,1-5H3,(H2,19,20,23). The van der Waals surface area contributed by atoms with Gasteiger partial charge in [-0.05, 0) is 56.6 Å². The van der Waals surface area contributed by atoms with E-state index in [0.717, 1.165) is 17.9 Å². The average molecular weight is 331 g/mol. The van der Waals surface area contributed by atoms with Crippen LogP contribution < -0.4 is 10.6 Å². The van der Waals surface area contributed by atoms with Crippen LogP contribution in [0.1, 0.15) is 56.5 Å². The van der Waals surface area contributed by atoms with Crippen LogP contribution in [0.5, 0.6) is 0 Å². The third-order valence-electron chi connectivity index (χ3n) is 3.96. The third kappa shape index (κ3) is 4.55. The Morgan fingerprint density at radius 1 is 1.22 bits per heavy atom. The maximum absolute atomic E-state index is 5.43. The van der Waals surface area contributed by atoms with Gasteiger partial charge in [0.05, 0.1) is 11.7 Å². The first-order chi connectivity index (χ1) is 10.9. The molecule has 0 aliphatic rings. The van der Waals surface area contributed by atoms with E-state index in [4.69, 9.17) is 12.2 Å². The Labute approximate surface area is 144 Å². The van der Waals surface area contributed by atoms with Crippen LogP contribution in [-0.4, -0.2) is 14.9 Å². The van der Waals surface area contributed by atoms with Gasteiger partial charge in [0.2, 0.25) is 0 Å². The summed E-state index contributed by atoms with van der Waals surface area (Å²) >= 11 is 5.43. The number of aryl methyl sites for hydroxylation is 2. The van der Waals surface area contributed by atoms with E-state index in [9.17, 15) is 0 Å². The lowest BCUT2D eigenvalue weighted by atomic mass is 10.0. The maximum Gasteiger partial charge on any atom is 0.171 e. The van der Waals surface area contributed by atoms with E-state index >= 15 is 0 Å². The number of anilines is 1. The Bertz CT molecular complexity index is 658. The molecule has 0 spiro atoms. The fourth-order valence-electron chi connectivity index (χ4n) is 2.51. The summed E-state index contributed by atoms with van der Waals surface area (Å²) in [5.74, 6) is 0.534.